The van der Waals surface area contributed by atoms with E-state index in [1.54, 1.807) is 18.4 Å². The van der Waals surface area contributed by atoms with E-state index >= 15 is 0 Å². The molecule has 30 heavy (non-hydrogen) atoms. The van der Waals surface area contributed by atoms with Gasteiger partial charge in [-0.05, 0) is 49.9 Å². The van der Waals surface area contributed by atoms with Crippen molar-refractivity contribution in [2.45, 2.75) is 25.7 Å². The summed E-state index contributed by atoms with van der Waals surface area (Å²) < 4.78 is 65.1. The maximum atomic E-state index is 13.4. The number of halogens is 5. The molecule has 1 aromatic carbocycles. The summed E-state index contributed by atoms with van der Waals surface area (Å²) in [5.74, 6) is -2.67. The van der Waals surface area contributed by atoms with Crippen molar-refractivity contribution < 1.29 is 31.5 Å². The molecule has 0 aliphatic carbocycles. The summed E-state index contributed by atoms with van der Waals surface area (Å²) >= 11 is 0. The molecule has 0 fully saturated rings. The molecule has 2 N–H and O–H groups in total. The lowest BCUT2D eigenvalue weighted by molar-refractivity contribution is -0.137. The predicted molar refractivity (Wildman–Crippen MR) is 101 cm³/mol. The number of nitrogens with one attached hydrogen (secondary N) is 2. The first-order chi connectivity index (χ1) is 13.9. The van der Waals surface area contributed by atoms with E-state index in [0.29, 0.717) is 30.8 Å². The van der Waals surface area contributed by atoms with Crippen molar-refractivity contribution in [1.82, 2.24) is 15.5 Å². The number of carbonyl (C=O) groups is 2. The highest BCUT2D eigenvalue weighted by molar-refractivity contribution is 5.94. The van der Waals surface area contributed by atoms with E-state index in [-0.39, 0.29) is 13.1 Å². The highest BCUT2D eigenvalue weighted by Crippen LogP contribution is 2.30. The third-order valence-electron chi connectivity index (χ3n) is 4.25. The smallest absolute Gasteiger partial charge is 0.372 e. The first-order valence-corrected chi connectivity index (χ1v) is 9.11. The van der Waals surface area contributed by atoms with Crippen LogP contribution in [0.5, 0.6) is 0 Å². The molecule has 0 atom stereocenters. The summed E-state index contributed by atoms with van der Waals surface area (Å²) in [6.45, 7) is 3.54. The van der Waals surface area contributed by atoms with Crippen LogP contribution in [-0.2, 0) is 11.0 Å². The lowest BCUT2D eigenvalue weighted by atomic mass is 10.1. The van der Waals surface area contributed by atoms with E-state index in [1.807, 2.05) is 4.90 Å². The van der Waals surface area contributed by atoms with Crippen molar-refractivity contribution in [3.8, 4) is 0 Å². The van der Waals surface area contributed by atoms with Crippen molar-refractivity contribution in [2.24, 2.45) is 0 Å². The number of hydrogen-bond donors (Lipinski definition) is 2. The van der Waals surface area contributed by atoms with Crippen molar-refractivity contribution in [3.63, 3.8) is 0 Å². The van der Waals surface area contributed by atoms with Gasteiger partial charge >= 0.3 is 6.18 Å². The molecule has 0 aromatic heterocycles. The highest BCUT2D eigenvalue weighted by Gasteiger charge is 2.32. The normalized spacial score (nSPS) is 14.4. The largest absolute Gasteiger partial charge is 0.416 e. The molecule has 1 aliphatic heterocycles. The fourth-order valence-electron chi connectivity index (χ4n) is 2.55. The molecule has 0 unspecified atom stereocenters. The fraction of sp³-hybridized carbons (Fsp3) is 0.400. The van der Waals surface area contributed by atoms with Crippen LogP contribution in [0.4, 0.5) is 22.0 Å². The minimum Gasteiger partial charge on any atom is -0.372 e. The Balaban J connectivity index is 1.83. The van der Waals surface area contributed by atoms with E-state index in [9.17, 15) is 31.5 Å². The molecule has 2 amide bonds. The topological polar surface area (TPSA) is 61.4 Å². The monoisotopic (exact) mass is 431 g/mol. The lowest BCUT2D eigenvalue weighted by Gasteiger charge is -2.23. The van der Waals surface area contributed by atoms with Gasteiger partial charge in [0.25, 0.3) is 11.8 Å². The van der Waals surface area contributed by atoms with Crippen LogP contribution in [0.3, 0.4) is 0 Å². The predicted octanol–water partition coefficient (Wildman–Crippen LogP) is 3.19. The molecule has 5 nitrogen and oxygen atoms in total. The average molecular weight is 431 g/mol. The first kappa shape index (κ1) is 23.4. The van der Waals surface area contributed by atoms with Crippen LogP contribution in [0.1, 0.15) is 29.8 Å². The summed E-state index contributed by atoms with van der Waals surface area (Å²) in [5.41, 5.74) is -2.90. The number of benzene rings is 1. The SMILES string of the molecule is CC(C)(F)C(=O)NCCN1C=CC(CNC(=O)c2cc(F)cc(C(F)(F)F)c2)=CC1. The van der Waals surface area contributed by atoms with Gasteiger partial charge in [-0.15, -0.1) is 0 Å². The van der Waals surface area contributed by atoms with Gasteiger partial charge in [0.2, 0.25) is 0 Å². The van der Waals surface area contributed by atoms with Crippen molar-refractivity contribution in [2.75, 3.05) is 26.2 Å². The van der Waals surface area contributed by atoms with Gasteiger partial charge in [-0.1, -0.05) is 6.08 Å². The van der Waals surface area contributed by atoms with E-state index in [1.165, 1.54) is 13.8 Å². The van der Waals surface area contributed by atoms with E-state index < -0.39 is 40.6 Å². The molecule has 0 spiro atoms. The Bertz CT molecular complexity index is 857. The van der Waals surface area contributed by atoms with Crippen LogP contribution in [0, 0.1) is 5.82 Å². The number of amides is 2. The first-order valence-electron chi connectivity index (χ1n) is 9.11. The Morgan fingerprint density at radius 1 is 1.10 bits per heavy atom. The Kier molecular flexibility index (Phi) is 7.22. The van der Waals surface area contributed by atoms with Crippen molar-refractivity contribution in [1.29, 1.82) is 0 Å². The van der Waals surface area contributed by atoms with Gasteiger partial charge in [0.15, 0.2) is 5.67 Å². The van der Waals surface area contributed by atoms with Gasteiger partial charge in [-0.2, -0.15) is 13.2 Å². The number of carbonyl (C=O) groups excluding carboxylic acids is 2. The number of hydrogen-bond acceptors (Lipinski definition) is 3. The summed E-state index contributed by atoms with van der Waals surface area (Å²) in [7, 11) is 0. The maximum absolute atomic E-state index is 13.4. The Labute approximate surface area is 170 Å². The molecular weight excluding hydrogens is 409 g/mol. The summed E-state index contributed by atoms with van der Waals surface area (Å²) in [4.78, 5) is 25.4. The summed E-state index contributed by atoms with van der Waals surface area (Å²) in [5, 5.41) is 4.94. The third kappa shape index (κ3) is 6.85. The molecule has 0 bridgehead atoms. The fourth-order valence-corrected chi connectivity index (χ4v) is 2.55. The van der Waals surface area contributed by atoms with Gasteiger partial charge in [0.1, 0.15) is 5.82 Å². The van der Waals surface area contributed by atoms with E-state index in [2.05, 4.69) is 10.6 Å². The highest BCUT2D eigenvalue weighted by atomic mass is 19.4. The van der Waals surface area contributed by atoms with Crippen LogP contribution < -0.4 is 10.6 Å². The van der Waals surface area contributed by atoms with Crippen LogP contribution in [0.2, 0.25) is 0 Å². The second-order valence-electron chi connectivity index (χ2n) is 7.23. The van der Waals surface area contributed by atoms with Gasteiger partial charge < -0.3 is 15.5 Å². The van der Waals surface area contributed by atoms with Crippen LogP contribution >= 0.6 is 0 Å². The standard InChI is InChI=1S/C20H22F5N3O2/c1-19(2,22)18(30)26-5-8-28-6-3-13(4-7-28)12-27-17(29)14-9-15(20(23,24)25)11-16(21)10-14/h3-4,6,9-11H,5,7-8,12H2,1-2H3,(H,26,30)(H,27,29). The molecule has 0 radical (unpaired) electrons. The Morgan fingerprint density at radius 2 is 1.80 bits per heavy atom. The van der Waals surface area contributed by atoms with Gasteiger partial charge in [-0.25, -0.2) is 8.78 Å². The molecule has 0 saturated heterocycles. The Hall–Kier alpha value is -2.91. The zero-order valence-corrected chi connectivity index (χ0v) is 16.4. The molecule has 164 valence electrons. The number of alkyl halides is 4. The van der Waals surface area contributed by atoms with Crippen molar-refractivity contribution in [3.05, 3.63) is 59.1 Å². The second-order valence-corrected chi connectivity index (χ2v) is 7.23. The molecule has 2 rings (SSSR count). The molecule has 1 aromatic rings. The lowest BCUT2D eigenvalue weighted by Crippen LogP contribution is -2.42. The van der Waals surface area contributed by atoms with Gasteiger partial charge in [-0.3, -0.25) is 9.59 Å². The van der Waals surface area contributed by atoms with Crippen LogP contribution in [-0.4, -0.2) is 48.6 Å². The average Bonchev–Trinajstić information content (AvgIpc) is 2.65. The zero-order valence-electron chi connectivity index (χ0n) is 16.4. The second kappa shape index (κ2) is 9.27. The molecule has 10 heteroatoms. The molecule has 0 saturated carbocycles. The zero-order chi connectivity index (χ0) is 22.5. The Morgan fingerprint density at radius 3 is 2.37 bits per heavy atom. The summed E-state index contributed by atoms with van der Waals surface area (Å²) in [6, 6.07) is 1.66. The molecule has 1 aliphatic rings. The van der Waals surface area contributed by atoms with Gasteiger partial charge in [0, 0.05) is 31.7 Å². The maximum Gasteiger partial charge on any atom is 0.416 e. The van der Waals surface area contributed by atoms with Crippen molar-refractivity contribution >= 4 is 11.8 Å². The number of nitrogens with zero attached hydrogens (tertiary/aromatic N) is 1. The van der Waals surface area contributed by atoms with E-state index in [4.69, 9.17) is 0 Å². The third-order valence-corrected chi connectivity index (χ3v) is 4.25. The van der Waals surface area contributed by atoms with Gasteiger partial charge in [0.05, 0.1) is 5.56 Å². The quantitative estimate of drug-likeness (QED) is 0.652. The summed E-state index contributed by atoms with van der Waals surface area (Å²) in [6.07, 6.45) is 0.443. The minimum atomic E-state index is -4.76. The van der Waals surface area contributed by atoms with Crippen LogP contribution in [0.25, 0.3) is 0 Å². The van der Waals surface area contributed by atoms with Crippen LogP contribution in [0.15, 0.2) is 42.1 Å². The minimum absolute atomic E-state index is 0.0494. The molecule has 1 heterocycles. The number of rotatable bonds is 7. The molecular formula is C20H22F5N3O2. The van der Waals surface area contributed by atoms with E-state index in [0.717, 1.165) is 6.07 Å².